The summed E-state index contributed by atoms with van der Waals surface area (Å²) in [5, 5.41) is 0.860. The van der Waals surface area contributed by atoms with E-state index in [2.05, 4.69) is 4.98 Å². The lowest BCUT2D eigenvalue weighted by atomic mass is 9.99. The van der Waals surface area contributed by atoms with Gasteiger partial charge in [0.1, 0.15) is 11.9 Å². The van der Waals surface area contributed by atoms with Crippen LogP contribution in [-0.2, 0) is 4.79 Å². The van der Waals surface area contributed by atoms with E-state index >= 15 is 0 Å². The number of aromatic nitrogens is 1. The summed E-state index contributed by atoms with van der Waals surface area (Å²) in [6.45, 7) is 4.37. The molecule has 4 N–H and O–H groups in total. The van der Waals surface area contributed by atoms with Gasteiger partial charge in [-0.15, -0.1) is 0 Å². The van der Waals surface area contributed by atoms with E-state index in [1.54, 1.807) is 31.2 Å². The van der Waals surface area contributed by atoms with Crippen molar-refractivity contribution in [1.29, 1.82) is 0 Å². The van der Waals surface area contributed by atoms with Gasteiger partial charge in [0.2, 0.25) is 11.7 Å². The van der Waals surface area contributed by atoms with Crippen LogP contribution < -0.4 is 16.2 Å². The highest BCUT2D eigenvalue weighted by Gasteiger charge is 2.25. The van der Waals surface area contributed by atoms with E-state index in [4.69, 9.17) is 43.8 Å². The van der Waals surface area contributed by atoms with Gasteiger partial charge in [0.25, 0.3) is 0 Å². The zero-order valence-electron chi connectivity index (χ0n) is 18.1. The SMILES string of the molecule is C[C@H](N)C(=O)N1CC=C(c2coc3c(O[C@H](C)c4c(Cl)ccc(F)c4Cl)c(N)ncc23)CC1. The Balaban J connectivity index is 1.66. The molecule has 0 aliphatic carbocycles. The molecule has 33 heavy (non-hydrogen) atoms. The predicted octanol–water partition coefficient (Wildman–Crippen LogP) is 4.96. The van der Waals surface area contributed by atoms with Crippen LogP contribution in [0.4, 0.5) is 10.2 Å². The Bertz CT molecular complexity index is 1260. The fourth-order valence-electron chi connectivity index (χ4n) is 3.90. The Hall–Kier alpha value is -2.81. The van der Waals surface area contributed by atoms with Gasteiger partial charge in [-0.2, -0.15) is 0 Å². The van der Waals surface area contributed by atoms with Gasteiger partial charge < -0.3 is 25.5 Å². The third-order valence-electron chi connectivity index (χ3n) is 5.64. The summed E-state index contributed by atoms with van der Waals surface area (Å²) >= 11 is 12.4. The lowest BCUT2D eigenvalue weighted by molar-refractivity contribution is -0.131. The van der Waals surface area contributed by atoms with Crippen molar-refractivity contribution in [2.24, 2.45) is 5.73 Å². The molecule has 2 aromatic heterocycles. The molecule has 0 fully saturated rings. The number of furan rings is 1. The second-order valence-corrected chi connectivity index (χ2v) is 8.72. The van der Waals surface area contributed by atoms with Gasteiger partial charge in [0, 0.05) is 35.4 Å². The molecule has 4 rings (SSSR count). The molecule has 7 nitrogen and oxygen atoms in total. The highest BCUT2D eigenvalue weighted by atomic mass is 35.5. The Morgan fingerprint density at radius 1 is 1.33 bits per heavy atom. The van der Waals surface area contributed by atoms with E-state index in [0.29, 0.717) is 36.0 Å². The fraction of sp³-hybridized carbons (Fsp3) is 0.304. The Kier molecular flexibility index (Phi) is 6.52. The van der Waals surface area contributed by atoms with Gasteiger partial charge in [-0.3, -0.25) is 4.79 Å². The van der Waals surface area contributed by atoms with Crippen molar-refractivity contribution in [3.8, 4) is 5.75 Å². The number of nitrogen functional groups attached to an aromatic ring is 1. The molecule has 0 spiro atoms. The minimum atomic E-state index is -0.726. The average Bonchev–Trinajstić information content (AvgIpc) is 3.22. The number of nitrogens with zero attached hydrogens (tertiary/aromatic N) is 2. The van der Waals surface area contributed by atoms with Crippen LogP contribution in [0.5, 0.6) is 5.75 Å². The quantitative estimate of drug-likeness (QED) is 0.487. The number of rotatable bonds is 5. The molecule has 0 bridgehead atoms. The highest BCUT2D eigenvalue weighted by Crippen LogP contribution is 2.41. The molecule has 0 saturated carbocycles. The van der Waals surface area contributed by atoms with E-state index < -0.39 is 18.0 Å². The molecule has 1 aliphatic rings. The van der Waals surface area contributed by atoms with E-state index in [-0.39, 0.29) is 27.5 Å². The van der Waals surface area contributed by atoms with Gasteiger partial charge in [0.05, 0.1) is 22.7 Å². The zero-order chi connectivity index (χ0) is 23.9. The average molecular weight is 493 g/mol. The third kappa shape index (κ3) is 4.38. The van der Waals surface area contributed by atoms with Crippen LogP contribution in [0.25, 0.3) is 16.5 Å². The van der Waals surface area contributed by atoms with Crippen molar-refractivity contribution >= 4 is 51.5 Å². The number of benzene rings is 1. The lowest BCUT2D eigenvalue weighted by Gasteiger charge is -2.27. The zero-order valence-corrected chi connectivity index (χ0v) is 19.6. The fourth-order valence-corrected chi connectivity index (χ4v) is 4.57. The van der Waals surface area contributed by atoms with Crippen LogP contribution in [0.3, 0.4) is 0 Å². The first-order valence-corrected chi connectivity index (χ1v) is 11.1. The van der Waals surface area contributed by atoms with Crippen LogP contribution in [0.2, 0.25) is 10.0 Å². The maximum absolute atomic E-state index is 14.0. The number of nitrogens with two attached hydrogens (primary N) is 2. The summed E-state index contributed by atoms with van der Waals surface area (Å²) in [5.74, 6) is -0.355. The number of amides is 1. The van der Waals surface area contributed by atoms with Crippen LogP contribution in [0.15, 0.2) is 35.1 Å². The first-order chi connectivity index (χ1) is 15.7. The second-order valence-electron chi connectivity index (χ2n) is 7.93. The van der Waals surface area contributed by atoms with Crippen LogP contribution in [0, 0.1) is 5.82 Å². The van der Waals surface area contributed by atoms with Gasteiger partial charge in [-0.25, -0.2) is 9.37 Å². The number of hydrogen-bond donors (Lipinski definition) is 2. The standard InChI is InChI=1S/C23H23Cl2FN4O3/c1-11(27)23(31)30-7-5-13(6-8-30)15-10-32-20-14(15)9-29-22(28)21(20)33-12(2)18-16(24)3-4-17(26)19(18)25/h3-5,9-12H,6-8,27H2,1-2H3,(H2,28,29)/t11-,12+/m0/s1. The molecule has 174 valence electrons. The van der Waals surface area contributed by atoms with E-state index in [0.717, 1.165) is 11.1 Å². The third-order valence-corrected chi connectivity index (χ3v) is 6.35. The summed E-state index contributed by atoms with van der Waals surface area (Å²) in [6, 6.07) is 2.07. The van der Waals surface area contributed by atoms with Crippen LogP contribution >= 0.6 is 23.2 Å². The smallest absolute Gasteiger partial charge is 0.239 e. The molecule has 2 atom stereocenters. The highest BCUT2D eigenvalue weighted by molar-refractivity contribution is 6.36. The molecular formula is C23H23Cl2FN4O3. The maximum atomic E-state index is 14.0. The lowest BCUT2D eigenvalue weighted by Crippen LogP contribution is -2.43. The first-order valence-electron chi connectivity index (χ1n) is 10.4. The summed E-state index contributed by atoms with van der Waals surface area (Å²) in [7, 11) is 0. The van der Waals surface area contributed by atoms with Gasteiger partial charge in [-0.05, 0) is 38.0 Å². The van der Waals surface area contributed by atoms with E-state index in [1.807, 2.05) is 6.08 Å². The minimum Gasteiger partial charge on any atom is -0.478 e. The Morgan fingerprint density at radius 3 is 2.76 bits per heavy atom. The molecule has 1 aromatic carbocycles. The van der Waals surface area contributed by atoms with E-state index in [9.17, 15) is 9.18 Å². The molecule has 3 heterocycles. The topological polar surface area (TPSA) is 108 Å². The normalized spacial score (nSPS) is 15.9. The molecule has 1 amide bonds. The van der Waals surface area contributed by atoms with Crippen molar-refractivity contribution in [2.45, 2.75) is 32.4 Å². The molecule has 0 saturated heterocycles. The number of ether oxygens (including phenoxy) is 1. The molecule has 10 heteroatoms. The van der Waals surface area contributed by atoms with Gasteiger partial charge in [0.15, 0.2) is 11.4 Å². The predicted molar refractivity (Wildman–Crippen MR) is 127 cm³/mol. The van der Waals surface area contributed by atoms with Crippen molar-refractivity contribution in [1.82, 2.24) is 9.88 Å². The molecule has 3 aromatic rings. The van der Waals surface area contributed by atoms with Crippen LogP contribution in [-0.4, -0.2) is 34.9 Å². The number of hydrogen-bond acceptors (Lipinski definition) is 6. The minimum absolute atomic E-state index is 0.0869. The monoisotopic (exact) mass is 492 g/mol. The summed E-state index contributed by atoms with van der Waals surface area (Å²) < 4.78 is 25.8. The van der Waals surface area contributed by atoms with Crippen molar-refractivity contribution in [2.75, 3.05) is 18.8 Å². The first kappa shape index (κ1) is 23.4. The maximum Gasteiger partial charge on any atom is 0.239 e. The van der Waals surface area contributed by atoms with Crippen LogP contribution in [0.1, 0.15) is 37.5 Å². The van der Waals surface area contributed by atoms with Gasteiger partial charge >= 0.3 is 0 Å². The largest absolute Gasteiger partial charge is 0.478 e. The summed E-state index contributed by atoms with van der Waals surface area (Å²) in [6.07, 6.45) is 5.11. The van der Waals surface area contributed by atoms with Gasteiger partial charge in [-0.1, -0.05) is 29.3 Å². The molecule has 0 radical (unpaired) electrons. The molecule has 1 aliphatic heterocycles. The Morgan fingerprint density at radius 2 is 2.09 bits per heavy atom. The summed E-state index contributed by atoms with van der Waals surface area (Å²) in [5.41, 5.74) is 14.4. The number of anilines is 1. The van der Waals surface area contributed by atoms with E-state index in [1.165, 1.54) is 12.1 Å². The van der Waals surface area contributed by atoms with Crippen molar-refractivity contribution in [3.05, 3.63) is 57.7 Å². The number of pyridine rings is 1. The molecule has 0 unspecified atom stereocenters. The van der Waals surface area contributed by atoms with Crippen molar-refractivity contribution in [3.63, 3.8) is 0 Å². The molecular weight excluding hydrogens is 470 g/mol. The van der Waals surface area contributed by atoms with Crippen molar-refractivity contribution < 1.29 is 18.3 Å². The number of carbonyl (C=O) groups is 1. The summed E-state index contributed by atoms with van der Waals surface area (Å²) in [4.78, 5) is 18.1. The number of carbonyl (C=O) groups excluding carboxylic acids is 1. The second kappa shape index (κ2) is 9.21. The Labute approximate surface area is 200 Å². The number of halogens is 3. The number of fused-ring (bicyclic) bond motifs is 1.